The molecule has 1 aromatic rings. The number of aromatic nitrogens is 2. The molecule has 4 heteroatoms. The molecule has 0 amide bonds. The molecule has 0 spiro atoms. The number of ether oxygens (including phenoxy) is 2. The largest absolute Gasteiger partial charge is 0.377 e. The first-order chi connectivity index (χ1) is 8.31. The van der Waals surface area contributed by atoms with Gasteiger partial charge in [-0.15, -0.1) is 0 Å². The summed E-state index contributed by atoms with van der Waals surface area (Å²) in [6.45, 7) is 6.47. The maximum Gasteiger partial charge on any atom is 0.150 e. The molecule has 1 aliphatic heterocycles. The van der Waals surface area contributed by atoms with E-state index in [-0.39, 0.29) is 6.23 Å². The molecule has 4 nitrogen and oxygen atoms in total. The summed E-state index contributed by atoms with van der Waals surface area (Å²) in [6.07, 6.45) is 6.72. The van der Waals surface area contributed by atoms with Gasteiger partial charge in [-0.05, 0) is 32.6 Å². The average molecular weight is 238 g/mol. The molecular weight excluding hydrogens is 216 g/mol. The molecule has 0 aromatic carbocycles. The van der Waals surface area contributed by atoms with Crippen molar-refractivity contribution in [1.29, 1.82) is 0 Å². The topological polar surface area (TPSA) is 36.3 Å². The van der Waals surface area contributed by atoms with Crippen LogP contribution in [-0.4, -0.2) is 23.0 Å². The van der Waals surface area contributed by atoms with Crippen molar-refractivity contribution < 1.29 is 9.47 Å². The molecule has 1 unspecified atom stereocenters. The molecule has 0 aliphatic carbocycles. The summed E-state index contributed by atoms with van der Waals surface area (Å²) >= 11 is 0. The first-order valence-corrected chi connectivity index (χ1v) is 6.55. The molecule has 17 heavy (non-hydrogen) atoms. The van der Waals surface area contributed by atoms with Gasteiger partial charge in [0.15, 0.2) is 0 Å². The molecule has 1 saturated heterocycles. The SMILES string of the molecule is CCCOCc1cn(C2CCCCO2)nc1C. The van der Waals surface area contributed by atoms with E-state index in [1.807, 2.05) is 11.6 Å². The van der Waals surface area contributed by atoms with Gasteiger partial charge in [-0.1, -0.05) is 6.92 Å². The second kappa shape index (κ2) is 6.17. The van der Waals surface area contributed by atoms with E-state index < -0.39 is 0 Å². The van der Waals surface area contributed by atoms with E-state index in [0.717, 1.165) is 31.7 Å². The van der Waals surface area contributed by atoms with Crippen molar-refractivity contribution in [3.05, 3.63) is 17.5 Å². The highest BCUT2D eigenvalue weighted by Crippen LogP contribution is 2.23. The third kappa shape index (κ3) is 3.30. The predicted molar refractivity (Wildman–Crippen MR) is 65.8 cm³/mol. The van der Waals surface area contributed by atoms with Gasteiger partial charge in [0, 0.05) is 25.0 Å². The molecule has 2 rings (SSSR count). The Balaban J connectivity index is 1.96. The molecule has 0 saturated carbocycles. The molecule has 1 fully saturated rings. The Morgan fingerprint density at radius 2 is 2.41 bits per heavy atom. The number of aryl methyl sites for hydroxylation is 1. The van der Waals surface area contributed by atoms with Gasteiger partial charge in [0.05, 0.1) is 12.3 Å². The van der Waals surface area contributed by atoms with Crippen LogP contribution in [0.4, 0.5) is 0 Å². The monoisotopic (exact) mass is 238 g/mol. The number of hydrogen-bond acceptors (Lipinski definition) is 3. The fourth-order valence-corrected chi connectivity index (χ4v) is 2.07. The van der Waals surface area contributed by atoms with Gasteiger partial charge in [0.1, 0.15) is 6.23 Å². The zero-order valence-corrected chi connectivity index (χ0v) is 10.8. The van der Waals surface area contributed by atoms with Gasteiger partial charge in [0.25, 0.3) is 0 Å². The van der Waals surface area contributed by atoms with Crippen LogP contribution < -0.4 is 0 Å². The van der Waals surface area contributed by atoms with Gasteiger partial charge >= 0.3 is 0 Å². The minimum atomic E-state index is 0.127. The molecule has 96 valence electrons. The van der Waals surface area contributed by atoms with Crippen LogP contribution in [0.25, 0.3) is 0 Å². The van der Waals surface area contributed by atoms with E-state index in [1.54, 1.807) is 0 Å². The zero-order chi connectivity index (χ0) is 12.1. The van der Waals surface area contributed by atoms with Crippen molar-refractivity contribution in [2.75, 3.05) is 13.2 Å². The smallest absolute Gasteiger partial charge is 0.150 e. The molecule has 1 aliphatic rings. The summed E-state index contributed by atoms with van der Waals surface area (Å²) in [7, 11) is 0. The summed E-state index contributed by atoms with van der Waals surface area (Å²) in [4.78, 5) is 0. The van der Waals surface area contributed by atoms with Crippen molar-refractivity contribution in [2.24, 2.45) is 0 Å². The quantitative estimate of drug-likeness (QED) is 0.740. The first-order valence-electron chi connectivity index (χ1n) is 6.55. The van der Waals surface area contributed by atoms with Crippen molar-refractivity contribution in [2.45, 2.75) is 52.4 Å². The second-order valence-electron chi connectivity index (χ2n) is 4.59. The van der Waals surface area contributed by atoms with Crippen molar-refractivity contribution >= 4 is 0 Å². The molecule has 2 heterocycles. The summed E-state index contributed by atoms with van der Waals surface area (Å²) in [5.41, 5.74) is 2.22. The van der Waals surface area contributed by atoms with Crippen LogP contribution in [0.15, 0.2) is 6.20 Å². The van der Waals surface area contributed by atoms with E-state index in [4.69, 9.17) is 9.47 Å². The molecule has 1 atom stereocenters. The van der Waals surface area contributed by atoms with Crippen LogP contribution in [0.3, 0.4) is 0 Å². The third-order valence-electron chi connectivity index (χ3n) is 3.08. The summed E-state index contributed by atoms with van der Waals surface area (Å²) in [6, 6.07) is 0. The Kier molecular flexibility index (Phi) is 4.57. The van der Waals surface area contributed by atoms with E-state index in [2.05, 4.69) is 18.2 Å². The third-order valence-corrected chi connectivity index (χ3v) is 3.08. The Labute approximate surface area is 103 Å². The van der Waals surface area contributed by atoms with Crippen LogP contribution in [0, 0.1) is 6.92 Å². The highest BCUT2D eigenvalue weighted by atomic mass is 16.5. The summed E-state index contributed by atoms with van der Waals surface area (Å²) in [5, 5.41) is 4.52. The zero-order valence-electron chi connectivity index (χ0n) is 10.8. The Morgan fingerprint density at radius 1 is 1.53 bits per heavy atom. The van der Waals surface area contributed by atoms with Crippen LogP contribution in [0.2, 0.25) is 0 Å². The molecule has 0 bridgehead atoms. The van der Waals surface area contributed by atoms with E-state index in [9.17, 15) is 0 Å². The highest BCUT2D eigenvalue weighted by Gasteiger charge is 2.17. The van der Waals surface area contributed by atoms with Gasteiger partial charge in [-0.2, -0.15) is 5.10 Å². The maximum absolute atomic E-state index is 5.72. The van der Waals surface area contributed by atoms with Gasteiger partial charge in [-0.3, -0.25) is 0 Å². The Bertz CT molecular complexity index is 343. The fraction of sp³-hybridized carbons (Fsp3) is 0.769. The van der Waals surface area contributed by atoms with Gasteiger partial charge in [-0.25, -0.2) is 4.68 Å². The fourth-order valence-electron chi connectivity index (χ4n) is 2.07. The highest BCUT2D eigenvalue weighted by molar-refractivity contribution is 5.14. The number of rotatable bonds is 5. The second-order valence-corrected chi connectivity index (χ2v) is 4.59. The average Bonchev–Trinajstić information content (AvgIpc) is 2.73. The Hall–Kier alpha value is -0.870. The van der Waals surface area contributed by atoms with E-state index >= 15 is 0 Å². The van der Waals surface area contributed by atoms with Crippen LogP contribution in [0.5, 0.6) is 0 Å². The molecule has 0 N–H and O–H groups in total. The van der Waals surface area contributed by atoms with Crippen molar-refractivity contribution in [3.63, 3.8) is 0 Å². The lowest BCUT2D eigenvalue weighted by Crippen LogP contribution is -2.18. The normalized spacial score (nSPS) is 20.7. The Morgan fingerprint density at radius 3 is 3.12 bits per heavy atom. The standard InChI is InChI=1S/C13H22N2O2/c1-3-7-16-10-12-9-15(14-11(12)2)13-6-4-5-8-17-13/h9,13H,3-8,10H2,1-2H3. The summed E-state index contributed by atoms with van der Waals surface area (Å²) < 4.78 is 13.2. The summed E-state index contributed by atoms with van der Waals surface area (Å²) in [5.74, 6) is 0. The van der Waals surface area contributed by atoms with Gasteiger partial charge in [0.2, 0.25) is 0 Å². The molecule has 0 radical (unpaired) electrons. The van der Waals surface area contributed by atoms with Crippen LogP contribution >= 0.6 is 0 Å². The lowest BCUT2D eigenvalue weighted by Gasteiger charge is -2.22. The van der Waals surface area contributed by atoms with Crippen LogP contribution in [0.1, 0.15) is 50.1 Å². The molecular formula is C13H22N2O2. The lowest BCUT2D eigenvalue weighted by molar-refractivity contribution is -0.0397. The van der Waals surface area contributed by atoms with Gasteiger partial charge < -0.3 is 9.47 Å². The first kappa shape index (κ1) is 12.6. The van der Waals surface area contributed by atoms with E-state index in [1.165, 1.54) is 18.4 Å². The molecule has 1 aromatic heterocycles. The predicted octanol–water partition coefficient (Wildman–Crippen LogP) is 2.82. The van der Waals surface area contributed by atoms with E-state index in [0.29, 0.717) is 6.61 Å². The lowest BCUT2D eigenvalue weighted by atomic mass is 10.2. The number of nitrogens with zero attached hydrogens (tertiary/aromatic N) is 2. The maximum atomic E-state index is 5.72. The van der Waals surface area contributed by atoms with Crippen LogP contribution in [-0.2, 0) is 16.1 Å². The number of hydrogen-bond donors (Lipinski definition) is 0. The van der Waals surface area contributed by atoms with Crippen molar-refractivity contribution in [1.82, 2.24) is 9.78 Å². The minimum Gasteiger partial charge on any atom is -0.377 e. The minimum absolute atomic E-state index is 0.127. The van der Waals surface area contributed by atoms with Crippen molar-refractivity contribution in [3.8, 4) is 0 Å².